The number of benzene rings is 2. The molecule has 6 heteroatoms. The average Bonchev–Trinajstić information content (AvgIpc) is 3.11. The number of aromatic nitrogens is 1. The summed E-state index contributed by atoms with van der Waals surface area (Å²) < 4.78 is 7.76. The van der Waals surface area contributed by atoms with Crippen LogP contribution in [0.5, 0.6) is 5.75 Å². The second-order valence-corrected chi connectivity index (χ2v) is 10.2. The molecule has 0 bridgehead atoms. The van der Waals surface area contributed by atoms with E-state index in [4.69, 9.17) is 16.3 Å². The average molecular weight is 500 g/mol. The van der Waals surface area contributed by atoms with Gasteiger partial charge in [-0.3, -0.25) is 4.98 Å². The van der Waals surface area contributed by atoms with E-state index in [-0.39, 0.29) is 11.8 Å². The van der Waals surface area contributed by atoms with Gasteiger partial charge < -0.3 is 14.7 Å². The molecule has 160 valence electrons. The molecule has 0 radical (unpaired) electrons. The van der Waals surface area contributed by atoms with E-state index in [1.165, 1.54) is 0 Å². The Balaban J connectivity index is 1.79. The minimum absolute atomic E-state index is 0.0738. The molecule has 1 aromatic heterocycles. The highest BCUT2D eigenvalue weighted by Crippen LogP contribution is 2.68. The van der Waals surface area contributed by atoms with Crippen LogP contribution >= 0.6 is 27.5 Å². The third-order valence-electron chi connectivity index (χ3n) is 6.59. The van der Waals surface area contributed by atoms with E-state index in [0.29, 0.717) is 22.9 Å². The molecule has 1 fully saturated rings. The molecule has 4 atom stereocenters. The Kier molecular flexibility index (Phi) is 5.13. The molecule has 5 rings (SSSR count). The number of hydrogen-bond acceptors (Lipinski definition) is 4. The standard InChI is InChI=1S/C25H24BrClN2O2/c1-29(2)15-17-13-24(30)23-21(12-20(27)14-28-23)31-25(24,18-8-10-19(26)11-9-18)22(17)16-6-4-3-5-7-16/h3-12,14,17,22,30H,13,15H2,1-2H3/t17-,22-,24+,25+/m1/s1. The van der Waals surface area contributed by atoms with Crippen LogP contribution in [0, 0.1) is 5.92 Å². The molecule has 0 saturated heterocycles. The molecule has 0 spiro atoms. The smallest absolute Gasteiger partial charge is 0.175 e. The summed E-state index contributed by atoms with van der Waals surface area (Å²) in [5, 5.41) is 12.9. The minimum Gasteiger partial charge on any atom is -0.476 e. The highest BCUT2D eigenvalue weighted by atomic mass is 79.9. The molecule has 2 aromatic carbocycles. The monoisotopic (exact) mass is 498 g/mol. The first-order valence-electron chi connectivity index (χ1n) is 10.4. The maximum atomic E-state index is 12.4. The van der Waals surface area contributed by atoms with Crippen molar-refractivity contribution in [3.63, 3.8) is 0 Å². The topological polar surface area (TPSA) is 45.6 Å². The number of rotatable bonds is 4. The van der Waals surface area contributed by atoms with Crippen LogP contribution in [0.15, 0.2) is 71.3 Å². The normalized spacial score (nSPS) is 29.0. The Morgan fingerprint density at radius 2 is 1.87 bits per heavy atom. The maximum Gasteiger partial charge on any atom is 0.175 e. The van der Waals surface area contributed by atoms with Gasteiger partial charge in [0.2, 0.25) is 0 Å². The summed E-state index contributed by atoms with van der Waals surface area (Å²) in [6.07, 6.45) is 2.14. The molecule has 2 aliphatic rings. The number of nitrogens with zero attached hydrogens (tertiary/aromatic N) is 2. The zero-order valence-corrected chi connectivity index (χ0v) is 19.8. The number of ether oxygens (including phenoxy) is 1. The SMILES string of the molecule is CN(C)C[C@H]1C[C@]2(O)c3ncc(Cl)cc3O[C@@]2(c2ccc(Br)cc2)[C@@H]1c1ccccc1. The van der Waals surface area contributed by atoms with Gasteiger partial charge in [-0.25, -0.2) is 0 Å². The Labute approximate surface area is 196 Å². The van der Waals surface area contributed by atoms with Crippen LogP contribution in [-0.4, -0.2) is 35.6 Å². The van der Waals surface area contributed by atoms with Crippen LogP contribution in [0.1, 0.15) is 29.2 Å². The number of halogens is 2. The first kappa shape index (κ1) is 21.0. The van der Waals surface area contributed by atoms with E-state index in [9.17, 15) is 5.11 Å². The zero-order chi connectivity index (χ0) is 21.8. The van der Waals surface area contributed by atoms with Crippen LogP contribution in [0.25, 0.3) is 0 Å². The first-order valence-corrected chi connectivity index (χ1v) is 11.6. The van der Waals surface area contributed by atoms with Crippen molar-refractivity contribution in [1.82, 2.24) is 9.88 Å². The van der Waals surface area contributed by atoms with Gasteiger partial charge >= 0.3 is 0 Å². The predicted molar refractivity (Wildman–Crippen MR) is 125 cm³/mol. The van der Waals surface area contributed by atoms with Crippen molar-refractivity contribution in [3.8, 4) is 5.75 Å². The van der Waals surface area contributed by atoms with Gasteiger partial charge in [0.05, 0.1) is 5.02 Å². The second kappa shape index (κ2) is 7.59. The fraction of sp³-hybridized carbons (Fsp3) is 0.320. The summed E-state index contributed by atoms with van der Waals surface area (Å²) >= 11 is 9.79. The Bertz CT molecular complexity index is 1110. The first-order chi connectivity index (χ1) is 14.8. The van der Waals surface area contributed by atoms with Crippen molar-refractivity contribution < 1.29 is 9.84 Å². The number of fused-ring (bicyclic) bond motifs is 3. The van der Waals surface area contributed by atoms with Crippen LogP contribution < -0.4 is 4.74 Å². The third-order valence-corrected chi connectivity index (χ3v) is 7.33. The van der Waals surface area contributed by atoms with Crippen molar-refractivity contribution in [3.05, 3.63) is 93.2 Å². The number of aliphatic hydroxyl groups is 1. The lowest BCUT2D eigenvalue weighted by Crippen LogP contribution is -2.48. The number of hydrogen-bond donors (Lipinski definition) is 1. The van der Waals surface area contributed by atoms with Gasteiger partial charge in [0.25, 0.3) is 0 Å². The van der Waals surface area contributed by atoms with E-state index in [0.717, 1.165) is 22.1 Å². The van der Waals surface area contributed by atoms with Crippen LogP contribution in [-0.2, 0) is 11.2 Å². The van der Waals surface area contributed by atoms with E-state index < -0.39 is 11.2 Å². The van der Waals surface area contributed by atoms with Gasteiger partial charge in [0.1, 0.15) is 11.4 Å². The lowest BCUT2D eigenvalue weighted by atomic mass is 9.71. The van der Waals surface area contributed by atoms with Crippen LogP contribution in [0.2, 0.25) is 5.02 Å². The van der Waals surface area contributed by atoms with Crippen molar-refractivity contribution >= 4 is 27.5 Å². The van der Waals surface area contributed by atoms with Crippen molar-refractivity contribution in [2.24, 2.45) is 5.92 Å². The van der Waals surface area contributed by atoms with Gasteiger partial charge in [-0.05, 0) is 49.7 Å². The van der Waals surface area contributed by atoms with E-state index in [1.54, 1.807) is 12.3 Å². The molecule has 1 aliphatic heterocycles. The molecule has 1 aliphatic carbocycles. The lowest BCUT2D eigenvalue weighted by molar-refractivity contribution is -0.107. The maximum absolute atomic E-state index is 12.4. The molecule has 4 nitrogen and oxygen atoms in total. The molecular weight excluding hydrogens is 476 g/mol. The number of pyridine rings is 1. The second-order valence-electron chi connectivity index (χ2n) is 8.82. The summed E-state index contributed by atoms with van der Waals surface area (Å²) in [5.41, 5.74) is 0.369. The molecule has 0 amide bonds. The molecule has 3 aromatic rings. The summed E-state index contributed by atoms with van der Waals surface area (Å²) in [4.78, 5) is 6.75. The van der Waals surface area contributed by atoms with Gasteiger partial charge in [0, 0.05) is 29.2 Å². The summed E-state index contributed by atoms with van der Waals surface area (Å²) in [6.45, 7) is 0.826. The third kappa shape index (κ3) is 3.13. The van der Waals surface area contributed by atoms with Gasteiger partial charge in [-0.15, -0.1) is 0 Å². The van der Waals surface area contributed by atoms with Crippen LogP contribution in [0.4, 0.5) is 0 Å². The van der Waals surface area contributed by atoms with Crippen molar-refractivity contribution in [1.29, 1.82) is 0 Å². The van der Waals surface area contributed by atoms with E-state index >= 15 is 0 Å². The molecule has 0 unspecified atom stereocenters. The molecular formula is C25H24BrClN2O2. The molecule has 2 heterocycles. The molecule has 1 N–H and O–H groups in total. The molecule has 31 heavy (non-hydrogen) atoms. The van der Waals surface area contributed by atoms with Gasteiger partial charge in [0.15, 0.2) is 11.2 Å². The fourth-order valence-electron chi connectivity index (χ4n) is 5.62. The highest BCUT2D eigenvalue weighted by Gasteiger charge is 2.72. The predicted octanol–water partition coefficient (Wildman–Crippen LogP) is 5.34. The summed E-state index contributed by atoms with van der Waals surface area (Å²) in [7, 11) is 4.14. The quantitative estimate of drug-likeness (QED) is 0.526. The van der Waals surface area contributed by atoms with Crippen LogP contribution in [0.3, 0.4) is 0 Å². The summed E-state index contributed by atoms with van der Waals surface area (Å²) in [6, 6.07) is 20.2. The largest absolute Gasteiger partial charge is 0.476 e. The molecule has 1 saturated carbocycles. The minimum atomic E-state index is -1.28. The fourth-order valence-corrected chi connectivity index (χ4v) is 6.03. The Morgan fingerprint density at radius 3 is 2.55 bits per heavy atom. The lowest BCUT2D eigenvalue weighted by Gasteiger charge is -2.40. The zero-order valence-electron chi connectivity index (χ0n) is 17.4. The van der Waals surface area contributed by atoms with Crippen molar-refractivity contribution in [2.75, 3.05) is 20.6 Å². The van der Waals surface area contributed by atoms with Gasteiger partial charge in [-0.2, -0.15) is 0 Å². The van der Waals surface area contributed by atoms with E-state index in [2.05, 4.69) is 52.0 Å². The summed E-state index contributed by atoms with van der Waals surface area (Å²) in [5.74, 6) is 0.647. The Morgan fingerprint density at radius 1 is 1.16 bits per heavy atom. The highest BCUT2D eigenvalue weighted by molar-refractivity contribution is 9.10. The Hall–Kier alpha value is -1.92. The van der Waals surface area contributed by atoms with Crippen molar-refractivity contribution in [2.45, 2.75) is 23.5 Å². The van der Waals surface area contributed by atoms with Gasteiger partial charge in [-0.1, -0.05) is 70.0 Å². The van der Waals surface area contributed by atoms with E-state index in [1.807, 2.05) is 42.5 Å².